The van der Waals surface area contributed by atoms with Crippen molar-refractivity contribution in [2.75, 3.05) is 31.1 Å². The molecule has 0 amide bonds. The fraction of sp³-hybridized carbons (Fsp3) is 0.294. The number of halogens is 2. The minimum absolute atomic E-state index is 0.586. The topological polar surface area (TPSA) is 43.2 Å². The summed E-state index contributed by atoms with van der Waals surface area (Å²) in [6.07, 6.45) is 1.62. The summed E-state index contributed by atoms with van der Waals surface area (Å²) in [5.74, 6) is 0.921. The van der Waals surface area contributed by atoms with Crippen LogP contribution in [-0.4, -0.2) is 36.1 Å². The third kappa shape index (κ3) is 3.76. The van der Waals surface area contributed by atoms with Crippen LogP contribution in [0, 0.1) is 11.3 Å². The average molecular weight is 347 g/mol. The van der Waals surface area contributed by atoms with Gasteiger partial charge in [-0.15, -0.1) is 0 Å². The summed E-state index contributed by atoms with van der Waals surface area (Å²) in [5, 5.41) is 10.1. The molecule has 0 atom stereocenters. The first-order valence-electron chi connectivity index (χ1n) is 7.44. The zero-order valence-electron chi connectivity index (χ0n) is 12.5. The van der Waals surface area contributed by atoms with Crippen molar-refractivity contribution < 1.29 is 0 Å². The van der Waals surface area contributed by atoms with Crippen molar-refractivity contribution in [1.82, 2.24) is 9.88 Å². The Morgan fingerprint density at radius 1 is 1.09 bits per heavy atom. The molecule has 1 fully saturated rings. The minimum atomic E-state index is 0.586. The molecule has 1 aliphatic rings. The lowest BCUT2D eigenvalue weighted by molar-refractivity contribution is 0.249. The number of nitriles is 1. The Morgan fingerprint density at radius 3 is 2.52 bits per heavy atom. The van der Waals surface area contributed by atoms with Crippen molar-refractivity contribution in [3.8, 4) is 6.07 Å². The second kappa shape index (κ2) is 7.18. The predicted molar refractivity (Wildman–Crippen MR) is 92.9 cm³/mol. The summed E-state index contributed by atoms with van der Waals surface area (Å²) in [6, 6.07) is 11.6. The zero-order valence-corrected chi connectivity index (χ0v) is 14.1. The Balaban J connectivity index is 1.60. The van der Waals surface area contributed by atoms with Crippen LogP contribution in [0.3, 0.4) is 0 Å². The lowest BCUT2D eigenvalue weighted by Gasteiger charge is -2.35. The van der Waals surface area contributed by atoms with Gasteiger partial charge < -0.3 is 4.90 Å². The number of hydrogen-bond acceptors (Lipinski definition) is 4. The Hall–Kier alpha value is -1.80. The Bertz CT molecular complexity index is 716. The van der Waals surface area contributed by atoms with E-state index in [-0.39, 0.29) is 0 Å². The molecule has 4 nitrogen and oxygen atoms in total. The number of pyridine rings is 1. The van der Waals surface area contributed by atoms with Gasteiger partial charge in [0, 0.05) is 38.9 Å². The fourth-order valence-corrected chi connectivity index (χ4v) is 3.07. The minimum Gasteiger partial charge on any atom is -0.354 e. The molecular weight excluding hydrogens is 331 g/mol. The monoisotopic (exact) mass is 346 g/mol. The number of hydrogen-bond donors (Lipinski definition) is 0. The molecule has 2 aromatic rings. The molecular formula is C17H16Cl2N4. The van der Waals surface area contributed by atoms with E-state index < -0.39 is 0 Å². The van der Waals surface area contributed by atoms with Gasteiger partial charge in [-0.05, 0) is 23.8 Å². The number of piperazine rings is 1. The van der Waals surface area contributed by atoms with Gasteiger partial charge in [0.05, 0.1) is 15.6 Å². The van der Waals surface area contributed by atoms with Crippen LogP contribution in [0.1, 0.15) is 11.1 Å². The molecule has 0 radical (unpaired) electrons. The molecule has 1 aromatic heterocycles. The first kappa shape index (κ1) is 16.1. The standard InChI is InChI=1S/C17H16Cl2N4/c18-15-3-1-2-14(17(15)19)12-22-6-8-23(9-7-22)16-5-4-13(10-20)11-21-16/h1-5,11H,6-9,12H2. The van der Waals surface area contributed by atoms with Crippen LogP contribution in [0.2, 0.25) is 10.0 Å². The van der Waals surface area contributed by atoms with Crippen molar-refractivity contribution in [1.29, 1.82) is 5.26 Å². The van der Waals surface area contributed by atoms with Gasteiger partial charge in [-0.2, -0.15) is 5.26 Å². The summed E-state index contributed by atoms with van der Waals surface area (Å²) >= 11 is 12.3. The third-order valence-corrected chi connectivity index (χ3v) is 4.86. The van der Waals surface area contributed by atoms with Gasteiger partial charge in [-0.3, -0.25) is 4.90 Å². The first-order valence-corrected chi connectivity index (χ1v) is 8.19. The molecule has 3 rings (SSSR count). The maximum atomic E-state index is 8.83. The van der Waals surface area contributed by atoms with Crippen LogP contribution in [0.5, 0.6) is 0 Å². The molecule has 0 saturated carbocycles. The van der Waals surface area contributed by atoms with E-state index in [1.165, 1.54) is 0 Å². The van der Waals surface area contributed by atoms with E-state index in [1.54, 1.807) is 12.3 Å². The molecule has 23 heavy (non-hydrogen) atoms. The summed E-state index contributed by atoms with van der Waals surface area (Å²) in [5.41, 5.74) is 1.65. The van der Waals surface area contributed by atoms with E-state index in [0.29, 0.717) is 15.6 Å². The number of nitrogens with zero attached hydrogens (tertiary/aromatic N) is 4. The number of benzene rings is 1. The summed E-state index contributed by atoms with van der Waals surface area (Å²) in [4.78, 5) is 8.95. The van der Waals surface area contributed by atoms with E-state index in [1.807, 2.05) is 24.3 Å². The molecule has 0 bridgehead atoms. The van der Waals surface area contributed by atoms with Crippen LogP contribution in [0.25, 0.3) is 0 Å². The lowest BCUT2D eigenvalue weighted by Crippen LogP contribution is -2.46. The highest BCUT2D eigenvalue weighted by atomic mass is 35.5. The number of aromatic nitrogens is 1. The summed E-state index contributed by atoms with van der Waals surface area (Å²) in [6.45, 7) is 4.47. The molecule has 1 saturated heterocycles. The van der Waals surface area contributed by atoms with Gasteiger partial charge in [-0.1, -0.05) is 35.3 Å². The highest BCUT2D eigenvalue weighted by Gasteiger charge is 2.19. The maximum Gasteiger partial charge on any atom is 0.128 e. The Labute approximate surface area is 145 Å². The van der Waals surface area contributed by atoms with Gasteiger partial charge in [0.1, 0.15) is 11.9 Å². The Kier molecular flexibility index (Phi) is 5.02. The van der Waals surface area contributed by atoms with E-state index >= 15 is 0 Å². The Morgan fingerprint density at radius 2 is 1.87 bits per heavy atom. The van der Waals surface area contributed by atoms with E-state index in [2.05, 4.69) is 20.9 Å². The van der Waals surface area contributed by atoms with Crippen molar-refractivity contribution in [2.24, 2.45) is 0 Å². The summed E-state index contributed by atoms with van der Waals surface area (Å²) < 4.78 is 0. The molecule has 1 aromatic carbocycles. The number of rotatable bonds is 3. The third-order valence-electron chi connectivity index (χ3n) is 4.00. The van der Waals surface area contributed by atoms with Gasteiger partial charge in [0.25, 0.3) is 0 Å². The molecule has 2 heterocycles. The highest BCUT2D eigenvalue weighted by molar-refractivity contribution is 6.42. The van der Waals surface area contributed by atoms with Gasteiger partial charge >= 0.3 is 0 Å². The van der Waals surface area contributed by atoms with Gasteiger partial charge in [-0.25, -0.2) is 4.98 Å². The smallest absolute Gasteiger partial charge is 0.128 e. The van der Waals surface area contributed by atoms with Crippen LogP contribution in [0.15, 0.2) is 36.5 Å². The molecule has 118 valence electrons. The quantitative estimate of drug-likeness (QED) is 0.851. The molecule has 1 aliphatic heterocycles. The first-order chi connectivity index (χ1) is 11.2. The molecule has 0 spiro atoms. The van der Waals surface area contributed by atoms with E-state index in [4.69, 9.17) is 28.5 Å². The van der Waals surface area contributed by atoms with Gasteiger partial charge in [0.15, 0.2) is 0 Å². The fourth-order valence-electron chi connectivity index (χ4n) is 2.69. The van der Waals surface area contributed by atoms with Crippen LogP contribution < -0.4 is 4.90 Å². The highest BCUT2D eigenvalue weighted by Crippen LogP contribution is 2.27. The van der Waals surface area contributed by atoms with Crippen LogP contribution >= 0.6 is 23.2 Å². The van der Waals surface area contributed by atoms with Crippen LogP contribution in [0.4, 0.5) is 5.82 Å². The second-order valence-corrected chi connectivity index (χ2v) is 6.28. The second-order valence-electron chi connectivity index (χ2n) is 5.49. The SMILES string of the molecule is N#Cc1ccc(N2CCN(Cc3cccc(Cl)c3Cl)CC2)nc1. The van der Waals surface area contributed by atoms with Crippen molar-refractivity contribution in [3.63, 3.8) is 0 Å². The maximum absolute atomic E-state index is 8.83. The molecule has 0 unspecified atom stereocenters. The molecule has 6 heteroatoms. The van der Waals surface area contributed by atoms with Crippen molar-refractivity contribution >= 4 is 29.0 Å². The van der Waals surface area contributed by atoms with Crippen molar-refractivity contribution in [2.45, 2.75) is 6.54 Å². The lowest BCUT2D eigenvalue weighted by atomic mass is 10.2. The normalized spacial score (nSPS) is 15.4. The number of anilines is 1. The molecule has 0 aliphatic carbocycles. The summed E-state index contributed by atoms with van der Waals surface area (Å²) in [7, 11) is 0. The largest absolute Gasteiger partial charge is 0.354 e. The average Bonchev–Trinajstić information content (AvgIpc) is 2.60. The van der Waals surface area contributed by atoms with E-state index in [0.717, 1.165) is 44.1 Å². The van der Waals surface area contributed by atoms with E-state index in [9.17, 15) is 0 Å². The predicted octanol–water partition coefficient (Wildman–Crippen LogP) is 3.58. The van der Waals surface area contributed by atoms with Crippen LogP contribution in [-0.2, 0) is 6.54 Å². The van der Waals surface area contributed by atoms with Gasteiger partial charge in [0.2, 0.25) is 0 Å². The van der Waals surface area contributed by atoms with Crippen molar-refractivity contribution in [3.05, 3.63) is 57.7 Å². The zero-order chi connectivity index (χ0) is 16.2. The molecule has 0 N–H and O–H groups in total.